The number of likely N-dealkylation sites (tertiary alicyclic amines) is 1. The number of ether oxygens (including phenoxy) is 1. The van der Waals surface area contributed by atoms with Gasteiger partial charge in [0.05, 0.1) is 0 Å². The van der Waals surface area contributed by atoms with Crippen LogP contribution in [0.4, 0.5) is 8.78 Å². The van der Waals surface area contributed by atoms with E-state index in [9.17, 15) is 8.78 Å². The maximum absolute atomic E-state index is 13.7. The van der Waals surface area contributed by atoms with Crippen molar-refractivity contribution in [2.24, 2.45) is 5.73 Å². The highest BCUT2D eigenvalue weighted by atomic mass is 19.1. The molecule has 0 atom stereocenters. The van der Waals surface area contributed by atoms with Gasteiger partial charge < -0.3 is 10.5 Å². The summed E-state index contributed by atoms with van der Waals surface area (Å²) in [5.41, 5.74) is 5.93. The Labute approximate surface area is 112 Å². The van der Waals surface area contributed by atoms with E-state index in [1.54, 1.807) is 0 Å². The Bertz CT molecular complexity index is 397. The van der Waals surface area contributed by atoms with Crippen molar-refractivity contribution in [2.45, 2.75) is 19.3 Å². The molecule has 1 saturated heterocycles. The molecule has 1 aliphatic rings. The molecular formula is C14H20F2N2O. The van der Waals surface area contributed by atoms with Gasteiger partial charge in [-0.05, 0) is 56.6 Å². The molecule has 0 unspecified atom stereocenters. The Balaban J connectivity index is 1.91. The molecule has 0 saturated carbocycles. The summed E-state index contributed by atoms with van der Waals surface area (Å²) < 4.78 is 32.7. The predicted octanol–water partition coefficient (Wildman–Crippen LogP) is 1.94. The molecule has 3 nitrogen and oxygen atoms in total. The van der Waals surface area contributed by atoms with E-state index in [2.05, 4.69) is 4.90 Å². The van der Waals surface area contributed by atoms with Crippen LogP contribution in [0.25, 0.3) is 0 Å². The zero-order valence-electron chi connectivity index (χ0n) is 11.0. The third kappa shape index (κ3) is 3.88. The molecular weight excluding hydrogens is 250 g/mol. The topological polar surface area (TPSA) is 38.5 Å². The molecule has 1 fully saturated rings. The molecule has 0 amide bonds. The van der Waals surface area contributed by atoms with E-state index >= 15 is 0 Å². The van der Waals surface area contributed by atoms with E-state index in [0.29, 0.717) is 31.7 Å². The predicted molar refractivity (Wildman–Crippen MR) is 70.3 cm³/mol. The van der Waals surface area contributed by atoms with Gasteiger partial charge >= 0.3 is 0 Å². The van der Waals surface area contributed by atoms with Gasteiger partial charge in [0.15, 0.2) is 17.4 Å². The van der Waals surface area contributed by atoms with Crippen LogP contribution in [-0.2, 0) is 6.42 Å². The summed E-state index contributed by atoms with van der Waals surface area (Å²) in [5, 5.41) is 0. The van der Waals surface area contributed by atoms with Gasteiger partial charge in [-0.2, -0.15) is 0 Å². The highest BCUT2D eigenvalue weighted by Crippen LogP contribution is 2.23. The SMILES string of the molecule is NCCc1cc(F)c(OCCN2CCCC2)c(F)c1. The van der Waals surface area contributed by atoms with Crippen molar-refractivity contribution in [3.63, 3.8) is 0 Å². The third-order valence-electron chi connectivity index (χ3n) is 3.34. The monoisotopic (exact) mass is 270 g/mol. The molecule has 0 aromatic heterocycles. The van der Waals surface area contributed by atoms with E-state index in [0.717, 1.165) is 13.1 Å². The quantitative estimate of drug-likeness (QED) is 0.858. The Kier molecular flexibility index (Phi) is 5.10. The van der Waals surface area contributed by atoms with Gasteiger partial charge in [-0.1, -0.05) is 0 Å². The molecule has 0 spiro atoms. The normalized spacial score (nSPS) is 15.9. The molecule has 1 aliphatic heterocycles. The summed E-state index contributed by atoms with van der Waals surface area (Å²) in [5.74, 6) is -1.57. The zero-order chi connectivity index (χ0) is 13.7. The molecule has 0 aliphatic carbocycles. The summed E-state index contributed by atoms with van der Waals surface area (Å²) in [4.78, 5) is 2.23. The molecule has 0 bridgehead atoms. The smallest absolute Gasteiger partial charge is 0.190 e. The first kappa shape index (κ1) is 14.2. The van der Waals surface area contributed by atoms with Gasteiger partial charge in [-0.25, -0.2) is 8.78 Å². The number of benzene rings is 1. The van der Waals surface area contributed by atoms with Crippen molar-refractivity contribution in [1.29, 1.82) is 0 Å². The van der Waals surface area contributed by atoms with Crippen LogP contribution in [0.2, 0.25) is 0 Å². The van der Waals surface area contributed by atoms with Crippen LogP contribution in [-0.4, -0.2) is 37.7 Å². The van der Waals surface area contributed by atoms with E-state index < -0.39 is 11.6 Å². The van der Waals surface area contributed by atoms with Crippen molar-refractivity contribution in [3.05, 3.63) is 29.3 Å². The number of rotatable bonds is 6. The number of nitrogens with two attached hydrogens (primary N) is 1. The largest absolute Gasteiger partial charge is 0.486 e. The second-order valence-corrected chi connectivity index (χ2v) is 4.82. The maximum atomic E-state index is 13.7. The summed E-state index contributed by atoms with van der Waals surface area (Å²) in [6.45, 7) is 3.48. The summed E-state index contributed by atoms with van der Waals surface area (Å²) >= 11 is 0. The minimum absolute atomic E-state index is 0.278. The third-order valence-corrected chi connectivity index (χ3v) is 3.34. The molecule has 2 rings (SSSR count). The molecule has 2 N–H and O–H groups in total. The van der Waals surface area contributed by atoms with Crippen LogP contribution >= 0.6 is 0 Å². The Hall–Kier alpha value is -1.20. The molecule has 19 heavy (non-hydrogen) atoms. The highest BCUT2D eigenvalue weighted by molar-refractivity contribution is 5.31. The van der Waals surface area contributed by atoms with Crippen molar-refractivity contribution in [2.75, 3.05) is 32.8 Å². The van der Waals surface area contributed by atoms with Gasteiger partial charge in [-0.15, -0.1) is 0 Å². The van der Waals surface area contributed by atoms with Crippen molar-refractivity contribution in [3.8, 4) is 5.75 Å². The molecule has 5 heteroatoms. The van der Waals surface area contributed by atoms with Gasteiger partial charge in [0, 0.05) is 6.54 Å². The number of hydrogen-bond acceptors (Lipinski definition) is 3. The van der Waals surface area contributed by atoms with E-state index in [4.69, 9.17) is 10.5 Å². The molecule has 0 radical (unpaired) electrons. The average Bonchev–Trinajstić information content (AvgIpc) is 2.86. The van der Waals surface area contributed by atoms with Crippen molar-refractivity contribution in [1.82, 2.24) is 4.90 Å². The Morgan fingerprint density at radius 1 is 1.16 bits per heavy atom. The number of hydrogen-bond donors (Lipinski definition) is 1. The molecule has 1 heterocycles. The second kappa shape index (κ2) is 6.82. The van der Waals surface area contributed by atoms with E-state index in [1.807, 2.05) is 0 Å². The van der Waals surface area contributed by atoms with Crippen LogP contribution in [0, 0.1) is 11.6 Å². The first-order valence-electron chi connectivity index (χ1n) is 6.74. The minimum atomic E-state index is -0.648. The maximum Gasteiger partial charge on any atom is 0.190 e. The van der Waals surface area contributed by atoms with Gasteiger partial charge in [0.2, 0.25) is 0 Å². The van der Waals surface area contributed by atoms with Gasteiger partial charge in [0.25, 0.3) is 0 Å². The van der Waals surface area contributed by atoms with Crippen molar-refractivity contribution < 1.29 is 13.5 Å². The summed E-state index contributed by atoms with van der Waals surface area (Å²) in [6.07, 6.45) is 2.84. The number of halogens is 2. The summed E-state index contributed by atoms with van der Waals surface area (Å²) in [6, 6.07) is 2.59. The lowest BCUT2D eigenvalue weighted by Crippen LogP contribution is -2.25. The highest BCUT2D eigenvalue weighted by Gasteiger charge is 2.14. The fraction of sp³-hybridized carbons (Fsp3) is 0.571. The first-order chi connectivity index (χ1) is 9.20. The number of nitrogens with zero attached hydrogens (tertiary/aromatic N) is 1. The lowest BCUT2D eigenvalue weighted by Gasteiger charge is -2.15. The minimum Gasteiger partial charge on any atom is -0.486 e. The van der Waals surface area contributed by atoms with Crippen LogP contribution in [0.15, 0.2) is 12.1 Å². The van der Waals surface area contributed by atoms with Crippen LogP contribution in [0.3, 0.4) is 0 Å². The standard InChI is InChI=1S/C14H20F2N2O/c15-12-9-11(3-4-17)10-13(16)14(12)19-8-7-18-5-1-2-6-18/h9-10H,1-8,17H2. The first-order valence-corrected chi connectivity index (χ1v) is 6.74. The van der Waals surface area contributed by atoms with Crippen LogP contribution in [0.1, 0.15) is 18.4 Å². The second-order valence-electron chi connectivity index (χ2n) is 4.82. The lowest BCUT2D eigenvalue weighted by molar-refractivity contribution is 0.223. The van der Waals surface area contributed by atoms with E-state index in [-0.39, 0.29) is 5.75 Å². The lowest BCUT2D eigenvalue weighted by atomic mass is 10.1. The fourth-order valence-electron chi connectivity index (χ4n) is 2.34. The van der Waals surface area contributed by atoms with E-state index in [1.165, 1.54) is 25.0 Å². The Morgan fingerprint density at radius 3 is 2.37 bits per heavy atom. The molecule has 106 valence electrons. The average molecular weight is 270 g/mol. The van der Waals surface area contributed by atoms with Gasteiger partial charge in [-0.3, -0.25) is 4.90 Å². The zero-order valence-corrected chi connectivity index (χ0v) is 11.0. The van der Waals surface area contributed by atoms with Crippen LogP contribution in [0.5, 0.6) is 5.75 Å². The summed E-state index contributed by atoms with van der Waals surface area (Å²) in [7, 11) is 0. The molecule has 1 aromatic rings. The van der Waals surface area contributed by atoms with Crippen molar-refractivity contribution >= 4 is 0 Å². The Morgan fingerprint density at radius 2 is 1.79 bits per heavy atom. The van der Waals surface area contributed by atoms with Crippen LogP contribution < -0.4 is 10.5 Å². The fourth-order valence-corrected chi connectivity index (χ4v) is 2.34. The van der Waals surface area contributed by atoms with Gasteiger partial charge in [0.1, 0.15) is 6.61 Å². The molecule has 1 aromatic carbocycles.